The van der Waals surface area contributed by atoms with Crippen molar-refractivity contribution in [2.75, 3.05) is 14.1 Å². The van der Waals surface area contributed by atoms with E-state index in [1.165, 1.54) is 4.90 Å². The van der Waals surface area contributed by atoms with Crippen LogP contribution in [0.25, 0.3) is 0 Å². The minimum absolute atomic E-state index is 0.0000926. The molecular formula is C8H9BrN2OS. The Morgan fingerprint density at radius 2 is 2.23 bits per heavy atom. The van der Waals surface area contributed by atoms with Crippen molar-refractivity contribution < 1.29 is 4.79 Å². The summed E-state index contributed by atoms with van der Waals surface area (Å²) >= 11 is 4.45. The molecule has 0 saturated heterocycles. The molecule has 0 N–H and O–H groups in total. The van der Waals surface area contributed by atoms with Gasteiger partial charge in [-0.15, -0.1) is 0 Å². The van der Waals surface area contributed by atoms with E-state index in [-0.39, 0.29) is 5.24 Å². The number of thioether (sulfide) groups is 1. The normalized spacial score (nSPS) is 9.77. The Labute approximate surface area is 89.7 Å². The molecule has 0 radical (unpaired) electrons. The van der Waals surface area contributed by atoms with Crippen LogP contribution >= 0.6 is 27.7 Å². The van der Waals surface area contributed by atoms with E-state index >= 15 is 0 Å². The molecule has 0 bridgehead atoms. The number of amides is 1. The van der Waals surface area contributed by atoms with Crippen molar-refractivity contribution in [2.24, 2.45) is 0 Å². The molecule has 70 valence electrons. The molecule has 1 heterocycles. The summed E-state index contributed by atoms with van der Waals surface area (Å²) in [6.45, 7) is 0. The Bertz CT molecular complexity index is 317. The predicted molar refractivity (Wildman–Crippen MR) is 56.9 cm³/mol. The van der Waals surface area contributed by atoms with Gasteiger partial charge in [0.1, 0.15) is 0 Å². The van der Waals surface area contributed by atoms with E-state index < -0.39 is 0 Å². The van der Waals surface area contributed by atoms with Gasteiger partial charge in [0.2, 0.25) is 0 Å². The van der Waals surface area contributed by atoms with Crippen molar-refractivity contribution in [1.29, 1.82) is 0 Å². The lowest BCUT2D eigenvalue weighted by Crippen LogP contribution is -2.15. The highest BCUT2D eigenvalue weighted by Gasteiger charge is 2.06. The highest BCUT2D eigenvalue weighted by molar-refractivity contribution is 9.10. The van der Waals surface area contributed by atoms with E-state index in [1.807, 2.05) is 6.07 Å². The standard InChI is InChI=1S/C8H9BrN2OS/c1-11(2)8(12)13-7-3-6(9)4-10-5-7/h3-5H,1-2H3. The van der Waals surface area contributed by atoms with Gasteiger partial charge in [-0.3, -0.25) is 9.78 Å². The van der Waals surface area contributed by atoms with E-state index in [4.69, 9.17) is 0 Å². The zero-order valence-electron chi connectivity index (χ0n) is 7.32. The van der Waals surface area contributed by atoms with E-state index in [0.29, 0.717) is 0 Å². The van der Waals surface area contributed by atoms with Crippen LogP contribution in [0.15, 0.2) is 27.8 Å². The third-order valence-corrected chi connectivity index (χ3v) is 2.68. The second-order valence-corrected chi connectivity index (χ2v) is 4.54. The maximum Gasteiger partial charge on any atom is 0.285 e. The number of hydrogen-bond acceptors (Lipinski definition) is 3. The van der Waals surface area contributed by atoms with Crippen LogP contribution in [-0.4, -0.2) is 29.2 Å². The van der Waals surface area contributed by atoms with Crippen LogP contribution in [-0.2, 0) is 0 Å². The molecule has 13 heavy (non-hydrogen) atoms. The number of nitrogens with zero attached hydrogens (tertiary/aromatic N) is 2. The molecule has 0 spiro atoms. The number of rotatable bonds is 1. The first-order chi connectivity index (χ1) is 6.09. The molecule has 1 amide bonds. The van der Waals surface area contributed by atoms with Gasteiger partial charge in [0.15, 0.2) is 0 Å². The Hall–Kier alpha value is -0.550. The molecule has 3 nitrogen and oxygen atoms in total. The second-order valence-electron chi connectivity index (χ2n) is 2.60. The maximum absolute atomic E-state index is 11.3. The minimum Gasteiger partial charge on any atom is -0.339 e. The van der Waals surface area contributed by atoms with Gasteiger partial charge in [-0.1, -0.05) is 0 Å². The van der Waals surface area contributed by atoms with Crippen molar-refractivity contribution in [3.8, 4) is 0 Å². The largest absolute Gasteiger partial charge is 0.339 e. The summed E-state index contributed by atoms with van der Waals surface area (Å²) in [5, 5.41) is -0.0000926. The van der Waals surface area contributed by atoms with Crippen molar-refractivity contribution in [3.63, 3.8) is 0 Å². The molecule has 0 aliphatic rings. The average Bonchev–Trinajstić information content (AvgIpc) is 2.04. The number of halogens is 1. The first-order valence-corrected chi connectivity index (χ1v) is 5.20. The summed E-state index contributed by atoms with van der Waals surface area (Å²) in [4.78, 5) is 17.6. The molecule has 1 aromatic rings. The Balaban J connectivity index is 2.69. The number of carbonyl (C=O) groups excluding carboxylic acids is 1. The molecular weight excluding hydrogens is 252 g/mol. The monoisotopic (exact) mass is 260 g/mol. The van der Waals surface area contributed by atoms with Crippen molar-refractivity contribution in [1.82, 2.24) is 9.88 Å². The fourth-order valence-electron chi connectivity index (χ4n) is 0.640. The van der Waals surface area contributed by atoms with Gasteiger partial charge < -0.3 is 4.90 Å². The van der Waals surface area contributed by atoms with Crippen LogP contribution < -0.4 is 0 Å². The lowest BCUT2D eigenvalue weighted by molar-refractivity contribution is 0.241. The van der Waals surface area contributed by atoms with Gasteiger partial charge in [0.05, 0.1) is 0 Å². The van der Waals surface area contributed by atoms with Crippen molar-refractivity contribution in [3.05, 3.63) is 22.9 Å². The second kappa shape index (κ2) is 4.62. The fourth-order valence-corrected chi connectivity index (χ4v) is 1.84. The Kier molecular flexibility index (Phi) is 3.74. The van der Waals surface area contributed by atoms with E-state index in [0.717, 1.165) is 21.1 Å². The van der Waals surface area contributed by atoms with Gasteiger partial charge >= 0.3 is 0 Å². The van der Waals surface area contributed by atoms with Crippen LogP contribution in [0.2, 0.25) is 0 Å². The highest BCUT2D eigenvalue weighted by atomic mass is 79.9. The molecule has 0 atom stereocenters. The van der Waals surface area contributed by atoms with Crippen LogP contribution in [0.4, 0.5) is 4.79 Å². The van der Waals surface area contributed by atoms with Gasteiger partial charge in [-0.25, -0.2) is 0 Å². The van der Waals surface area contributed by atoms with Crippen molar-refractivity contribution >= 4 is 32.9 Å². The number of pyridine rings is 1. The summed E-state index contributed by atoms with van der Waals surface area (Å²) in [6.07, 6.45) is 3.35. The fraction of sp³-hybridized carbons (Fsp3) is 0.250. The van der Waals surface area contributed by atoms with Gasteiger partial charge in [-0.05, 0) is 33.8 Å². The van der Waals surface area contributed by atoms with Gasteiger partial charge in [0.25, 0.3) is 5.24 Å². The minimum atomic E-state index is -0.0000926. The third-order valence-electron chi connectivity index (χ3n) is 1.25. The molecule has 1 rings (SSSR count). The van der Waals surface area contributed by atoms with E-state index in [9.17, 15) is 4.79 Å². The van der Waals surface area contributed by atoms with Crippen LogP contribution in [0, 0.1) is 0 Å². The zero-order valence-corrected chi connectivity index (χ0v) is 9.72. The van der Waals surface area contributed by atoms with Crippen LogP contribution in [0.3, 0.4) is 0 Å². The first kappa shape index (κ1) is 10.5. The van der Waals surface area contributed by atoms with Crippen LogP contribution in [0.5, 0.6) is 0 Å². The smallest absolute Gasteiger partial charge is 0.285 e. The molecule has 0 aromatic carbocycles. The summed E-state index contributed by atoms with van der Waals surface area (Å²) in [6, 6.07) is 1.86. The molecule has 0 unspecified atom stereocenters. The molecule has 0 aliphatic carbocycles. The SMILES string of the molecule is CN(C)C(=O)Sc1cncc(Br)c1. The highest BCUT2D eigenvalue weighted by Crippen LogP contribution is 2.22. The molecule has 5 heteroatoms. The topological polar surface area (TPSA) is 33.2 Å². The summed E-state index contributed by atoms with van der Waals surface area (Å²) < 4.78 is 0.879. The maximum atomic E-state index is 11.3. The van der Waals surface area contributed by atoms with E-state index in [2.05, 4.69) is 20.9 Å². The Morgan fingerprint density at radius 1 is 1.54 bits per heavy atom. The molecule has 0 saturated carbocycles. The Morgan fingerprint density at radius 3 is 2.77 bits per heavy atom. The zero-order chi connectivity index (χ0) is 9.84. The molecule has 0 fully saturated rings. The number of aromatic nitrogens is 1. The number of carbonyl (C=O) groups is 1. The third kappa shape index (κ3) is 3.36. The van der Waals surface area contributed by atoms with Gasteiger partial charge in [-0.2, -0.15) is 0 Å². The van der Waals surface area contributed by atoms with Crippen LogP contribution in [0.1, 0.15) is 0 Å². The summed E-state index contributed by atoms with van der Waals surface area (Å²) in [5.41, 5.74) is 0. The van der Waals surface area contributed by atoms with Crippen molar-refractivity contribution in [2.45, 2.75) is 4.90 Å². The molecule has 0 aliphatic heterocycles. The van der Waals surface area contributed by atoms with E-state index in [1.54, 1.807) is 26.5 Å². The summed E-state index contributed by atoms with van der Waals surface area (Å²) in [7, 11) is 3.45. The van der Waals surface area contributed by atoms with Gasteiger partial charge in [0, 0.05) is 35.9 Å². The lowest BCUT2D eigenvalue weighted by atomic mass is 10.5. The summed E-state index contributed by atoms with van der Waals surface area (Å²) in [5.74, 6) is 0. The number of hydrogen-bond donors (Lipinski definition) is 0. The molecule has 1 aromatic heterocycles. The lowest BCUT2D eigenvalue weighted by Gasteiger charge is -2.08. The quantitative estimate of drug-likeness (QED) is 0.728. The predicted octanol–water partition coefficient (Wildman–Crippen LogP) is 2.62. The first-order valence-electron chi connectivity index (χ1n) is 3.59. The average molecular weight is 261 g/mol.